The zero-order valence-corrected chi connectivity index (χ0v) is 31.7. The maximum absolute atomic E-state index is 12.6. The van der Waals surface area contributed by atoms with Crippen molar-refractivity contribution in [3.63, 3.8) is 0 Å². The first-order valence-corrected chi connectivity index (χ1v) is 20.7. The molecule has 3 heterocycles. The number of rotatable bonds is 20. The number of nitrogen functional groups attached to an aromatic ring is 1. The number of nitrogens with one attached hydrogen (secondary N) is 2. The van der Waals surface area contributed by atoms with Gasteiger partial charge >= 0.3 is 23.5 Å². The van der Waals surface area contributed by atoms with E-state index >= 15 is 0 Å². The van der Waals surface area contributed by atoms with Gasteiger partial charge in [0.15, 0.2) is 17.7 Å². The van der Waals surface area contributed by atoms with Crippen molar-refractivity contribution in [2.75, 3.05) is 37.8 Å². The highest BCUT2D eigenvalue weighted by atomic mass is 32.2. The number of aromatic nitrogens is 4. The fourth-order valence-corrected chi connectivity index (χ4v) is 7.88. The molecule has 10 N–H and O–H groups in total. The molecule has 0 aromatic carbocycles. The fourth-order valence-electron chi connectivity index (χ4n) is 4.45. The van der Waals surface area contributed by atoms with E-state index in [-0.39, 0.29) is 41.6 Å². The number of phosphoric acid groups is 3. The van der Waals surface area contributed by atoms with Gasteiger partial charge in [-0.25, -0.2) is 28.6 Å². The molecular formula is C25H40N7O17P3S. The van der Waals surface area contributed by atoms with Gasteiger partial charge in [0.05, 0.1) is 19.5 Å². The van der Waals surface area contributed by atoms with Crippen LogP contribution in [0.5, 0.6) is 0 Å². The summed E-state index contributed by atoms with van der Waals surface area (Å²) in [6.07, 6.45) is -3.96. The Kier molecular flexibility index (Phi) is 15.8. The van der Waals surface area contributed by atoms with Crippen molar-refractivity contribution in [1.82, 2.24) is 30.2 Å². The summed E-state index contributed by atoms with van der Waals surface area (Å²) in [6, 6.07) is 0. The van der Waals surface area contributed by atoms with Gasteiger partial charge in [0.2, 0.25) is 16.9 Å². The summed E-state index contributed by atoms with van der Waals surface area (Å²) < 4.78 is 61.9. The number of aliphatic hydroxyl groups is 2. The summed E-state index contributed by atoms with van der Waals surface area (Å²) in [5.74, 6) is -1.14. The largest absolute Gasteiger partial charge is 0.481 e. The monoisotopic (exact) mass is 835 g/mol. The standard InChI is InChI=1S/C25H40N7O17P3S/c1-4-5-16(34)53-9-8-27-15(33)6-7-28-23(37)20(36)25(2,3)11-46-52(43,44)49-51(41,42)45-10-14-18(35)19(48-50(38,39)40)24(47-14)32-13-31-17-21(26)29-12-30-22(17)32/h4-5,12-14,18-20,24,35-36H,6-11H2,1-3H3,(H,27,33)(H,28,37)(H,41,42)(H,43,44)(H2,26,29,30)(H2,38,39,40)/b5-4+/t14-,18-,19-,20+,24-/m1/s1. The summed E-state index contributed by atoms with van der Waals surface area (Å²) in [5.41, 5.74) is 4.21. The zero-order chi connectivity index (χ0) is 39.8. The molecule has 2 amide bonds. The van der Waals surface area contributed by atoms with Crippen LogP contribution >= 0.6 is 35.2 Å². The summed E-state index contributed by atoms with van der Waals surface area (Å²) in [7, 11) is -16.3. The highest BCUT2D eigenvalue weighted by Gasteiger charge is 2.50. The lowest BCUT2D eigenvalue weighted by Gasteiger charge is -2.30. The van der Waals surface area contributed by atoms with Gasteiger partial charge in [-0.1, -0.05) is 31.7 Å². The van der Waals surface area contributed by atoms with Crippen molar-refractivity contribution in [2.24, 2.45) is 5.41 Å². The van der Waals surface area contributed by atoms with Gasteiger partial charge in [0.1, 0.15) is 36.3 Å². The Labute approximate surface area is 305 Å². The minimum atomic E-state index is -5.53. The molecule has 28 heteroatoms. The molecule has 1 saturated heterocycles. The number of hydrogen-bond acceptors (Lipinski definition) is 18. The minimum Gasteiger partial charge on any atom is -0.387 e. The van der Waals surface area contributed by atoms with E-state index in [2.05, 4.69) is 29.9 Å². The number of hydrogen-bond donors (Lipinski definition) is 9. The van der Waals surface area contributed by atoms with E-state index in [1.165, 1.54) is 19.9 Å². The van der Waals surface area contributed by atoms with Crippen LogP contribution in [0.4, 0.5) is 5.82 Å². The highest BCUT2D eigenvalue weighted by Crippen LogP contribution is 2.61. The zero-order valence-electron chi connectivity index (χ0n) is 28.2. The molecule has 0 radical (unpaired) electrons. The third-order valence-electron chi connectivity index (χ3n) is 7.05. The molecule has 0 spiro atoms. The van der Waals surface area contributed by atoms with Gasteiger partial charge in [-0.2, -0.15) is 4.31 Å². The van der Waals surface area contributed by atoms with Crippen LogP contribution in [-0.4, -0.2) is 123 Å². The molecular weight excluding hydrogens is 795 g/mol. The SMILES string of the molecule is C/C=C/C(=O)SCCNC(=O)CCNC(=O)[C@H](O)C(C)(C)COP(=O)(O)OP(=O)(O)OC[C@H]1O[C@@H](n2cnc3c(N)ncnc32)[C@H](OP(=O)(O)O)[C@@H]1O. The number of fused-ring (bicyclic) bond motifs is 1. The first kappa shape index (κ1) is 44.7. The van der Waals surface area contributed by atoms with Crippen LogP contribution in [0, 0.1) is 5.41 Å². The van der Waals surface area contributed by atoms with Crippen molar-refractivity contribution in [3.05, 3.63) is 24.8 Å². The number of imidazole rings is 1. The third kappa shape index (κ3) is 13.5. The fraction of sp³-hybridized carbons (Fsp3) is 0.600. The number of nitrogens with two attached hydrogens (primary N) is 1. The molecule has 53 heavy (non-hydrogen) atoms. The Hall–Kier alpha value is -2.70. The lowest BCUT2D eigenvalue weighted by Crippen LogP contribution is -2.46. The first-order valence-electron chi connectivity index (χ1n) is 15.2. The summed E-state index contributed by atoms with van der Waals surface area (Å²) in [4.78, 5) is 86.7. The molecule has 1 aliphatic heterocycles. The van der Waals surface area contributed by atoms with E-state index in [1.807, 2.05) is 0 Å². The van der Waals surface area contributed by atoms with Crippen molar-refractivity contribution >= 4 is 69.1 Å². The molecule has 3 rings (SSSR count). The van der Waals surface area contributed by atoms with Crippen LogP contribution in [0.25, 0.3) is 11.2 Å². The number of phosphoric ester groups is 3. The van der Waals surface area contributed by atoms with E-state index in [9.17, 15) is 57.9 Å². The molecule has 1 fully saturated rings. The molecule has 0 saturated carbocycles. The van der Waals surface area contributed by atoms with E-state index in [0.29, 0.717) is 5.75 Å². The van der Waals surface area contributed by atoms with Gasteiger partial charge < -0.3 is 50.9 Å². The van der Waals surface area contributed by atoms with Crippen LogP contribution in [0.15, 0.2) is 24.8 Å². The second kappa shape index (κ2) is 18.8. The number of carbonyl (C=O) groups excluding carboxylic acids is 3. The van der Waals surface area contributed by atoms with Gasteiger partial charge in [-0.15, -0.1) is 0 Å². The van der Waals surface area contributed by atoms with E-state index in [4.69, 9.17) is 24.0 Å². The molecule has 0 aliphatic carbocycles. The quantitative estimate of drug-likeness (QED) is 0.0449. The Bertz CT molecular complexity index is 1790. The number of anilines is 1. The van der Waals surface area contributed by atoms with Crippen LogP contribution in [0.2, 0.25) is 0 Å². The van der Waals surface area contributed by atoms with Crippen molar-refractivity contribution < 1.29 is 80.5 Å². The summed E-state index contributed by atoms with van der Waals surface area (Å²) >= 11 is 1.01. The normalized spacial score (nSPS) is 22.4. The lowest BCUT2D eigenvalue weighted by molar-refractivity contribution is -0.137. The number of aliphatic hydroxyl groups excluding tert-OH is 2. The Morgan fingerprint density at radius 3 is 2.43 bits per heavy atom. The second-order valence-corrected chi connectivity index (χ2v) is 17.1. The van der Waals surface area contributed by atoms with Crippen molar-refractivity contribution in [2.45, 2.75) is 57.8 Å². The Morgan fingerprint density at radius 2 is 1.77 bits per heavy atom. The minimum absolute atomic E-state index is 0.0000304. The number of carbonyl (C=O) groups is 3. The molecule has 2 aromatic heterocycles. The number of allylic oxidation sites excluding steroid dienone is 1. The average molecular weight is 836 g/mol. The van der Waals surface area contributed by atoms with Crippen LogP contribution < -0.4 is 16.4 Å². The van der Waals surface area contributed by atoms with Crippen LogP contribution in [-0.2, 0) is 50.7 Å². The van der Waals surface area contributed by atoms with Gasteiger partial charge in [-0.05, 0) is 13.0 Å². The third-order valence-corrected chi connectivity index (χ3v) is 11.0. The van der Waals surface area contributed by atoms with Crippen LogP contribution in [0.1, 0.15) is 33.4 Å². The number of amides is 2. The second-order valence-electron chi connectivity index (χ2n) is 11.7. The Balaban J connectivity index is 1.51. The van der Waals surface area contributed by atoms with Gasteiger partial charge in [0, 0.05) is 30.7 Å². The molecule has 24 nitrogen and oxygen atoms in total. The molecule has 2 unspecified atom stereocenters. The summed E-state index contributed by atoms with van der Waals surface area (Å²) in [6.45, 7) is 2.24. The predicted molar refractivity (Wildman–Crippen MR) is 182 cm³/mol. The molecule has 298 valence electrons. The predicted octanol–water partition coefficient (Wildman–Crippen LogP) is -0.759. The maximum atomic E-state index is 12.6. The molecule has 7 atom stereocenters. The molecule has 0 bridgehead atoms. The number of nitrogens with zero attached hydrogens (tertiary/aromatic N) is 4. The smallest absolute Gasteiger partial charge is 0.387 e. The van der Waals surface area contributed by atoms with Gasteiger partial charge in [0.25, 0.3) is 0 Å². The topological polar surface area (TPSA) is 364 Å². The van der Waals surface area contributed by atoms with E-state index in [0.717, 1.165) is 29.0 Å². The number of ether oxygens (including phenoxy) is 1. The Morgan fingerprint density at radius 1 is 1.09 bits per heavy atom. The van der Waals surface area contributed by atoms with Gasteiger partial charge in [-0.3, -0.25) is 32.5 Å². The number of thioether (sulfide) groups is 1. The van der Waals surface area contributed by atoms with E-state index in [1.54, 1.807) is 13.0 Å². The van der Waals surface area contributed by atoms with E-state index < -0.39 is 84.6 Å². The van der Waals surface area contributed by atoms with Crippen molar-refractivity contribution in [1.29, 1.82) is 0 Å². The first-order chi connectivity index (χ1) is 24.6. The summed E-state index contributed by atoms with van der Waals surface area (Å²) in [5, 5.41) is 26.0. The molecule has 1 aliphatic rings. The molecule has 2 aromatic rings. The highest BCUT2D eigenvalue weighted by molar-refractivity contribution is 8.14. The lowest BCUT2D eigenvalue weighted by atomic mass is 9.87. The van der Waals surface area contributed by atoms with Crippen LogP contribution in [0.3, 0.4) is 0 Å². The van der Waals surface area contributed by atoms with Crippen molar-refractivity contribution in [3.8, 4) is 0 Å². The average Bonchev–Trinajstić information content (AvgIpc) is 3.61. The maximum Gasteiger partial charge on any atom is 0.481 e.